The van der Waals surface area contributed by atoms with Gasteiger partial charge < -0.3 is 14.5 Å². The Morgan fingerprint density at radius 3 is 2.76 bits per heavy atom. The smallest absolute Gasteiger partial charge is 0.318 e. The number of hydrogen-bond acceptors (Lipinski definition) is 7. The van der Waals surface area contributed by atoms with Crippen molar-refractivity contribution in [1.82, 2.24) is 30.0 Å². The molecule has 1 N–H and O–H groups in total. The molecular formula is C24H29N7O2. The van der Waals surface area contributed by atoms with Crippen molar-refractivity contribution in [3.63, 3.8) is 0 Å². The Bertz CT molecular complexity index is 1210. The minimum atomic E-state index is -0.0247. The maximum absolute atomic E-state index is 12.0. The fraction of sp³-hybridized carbons (Fsp3) is 0.417. The molecule has 0 aliphatic carbocycles. The van der Waals surface area contributed by atoms with Crippen LogP contribution in [0, 0.1) is 6.92 Å². The van der Waals surface area contributed by atoms with E-state index in [0.717, 1.165) is 40.9 Å². The van der Waals surface area contributed by atoms with E-state index in [1.807, 2.05) is 11.1 Å². The number of benzene rings is 1. The number of hydrogen-bond donors (Lipinski definition) is 1. The predicted octanol–water partition coefficient (Wildman–Crippen LogP) is 2.23. The first-order valence-corrected chi connectivity index (χ1v) is 11.2. The van der Waals surface area contributed by atoms with Crippen LogP contribution < -0.4 is 9.64 Å². The zero-order valence-corrected chi connectivity index (χ0v) is 19.3. The minimum absolute atomic E-state index is 0.0247. The van der Waals surface area contributed by atoms with Crippen molar-refractivity contribution in [3.8, 4) is 6.01 Å². The van der Waals surface area contributed by atoms with Crippen LogP contribution in [-0.2, 0) is 17.8 Å². The number of aryl methyl sites for hydroxylation is 1. The van der Waals surface area contributed by atoms with E-state index in [1.165, 1.54) is 17.2 Å². The number of amides is 1. The summed E-state index contributed by atoms with van der Waals surface area (Å²) >= 11 is 0. The Balaban J connectivity index is 1.50. The largest absolute Gasteiger partial charge is 0.467 e. The van der Waals surface area contributed by atoms with E-state index < -0.39 is 0 Å². The molecule has 0 saturated carbocycles. The number of anilines is 1. The van der Waals surface area contributed by atoms with Gasteiger partial charge in [-0.25, -0.2) is 0 Å². The number of carbonyl (C=O) groups excluding carboxylic acids is 1. The number of carbonyl (C=O) groups is 1. The van der Waals surface area contributed by atoms with E-state index in [9.17, 15) is 4.79 Å². The van der Waals surface area contributed by atoms with Crippen LogP contribution in [0.5, 0.6) is 6.01 Å². The summed E-state index contributed by atoms with van der Waals surface area (Å²) in [7, 11) is 3.76. The van der Waals surface area contributed by atoms with E-state index in [-0.39, 0.29) is 11.9 Å². The van der Waals surface area contributed by atoms with Crippen LogP contribution in [0.3, 0.4) is 0 Å². The second kappa shape index (κ2) is 8.47. The lowest BCUT2D eigenvalue weighted by atomic mass is 9.89. The van der Waals surface area contributed by atoms with Crippen LogP contribution in [0.1, 0.15) is 28.4 Å². The zero-order chi connectivity index (χ0) is 23.1. The van der Waals surface area contributed by atoms with Gasteiger partial charge in [0.25, 0.3) is 0 Å². The Labute approximate surface area is 193 Å². The van der Waals surface area contributed by atoms with Crippen LogP contribution in [-0.4, -0.2) is 76.2 Å². The Morgan fingerprint density at radius 1 is 1.24 bits per heavy atom. The van der Waals surface area contributed by atoms with Gasteiger partial charge in [-0.2, -0.15) is 15.1 Å². The molecule has 9 heteroatoms. The summed E-state index contributed by atoms with van der Waals surface area (Å²) in [5.41, 5.74) is 5.72. The number of methoxy groups -OCH3 is 1. The molecule has 4 heterocycles. The van der Waals surface area contributed by atoms with Gasteiger partial charge in [-0.15, -0.1) is 0 Å². The van der Waals surface area contributed by atoms with Crippen molar-refractivity contribution >= 4 is 22.6 Å². The molecule has 0 bridgehead atoms. The van der Waals surface area contributed by atoms with Gasteiger partial charge in [-0.1, -0.05) is 12.6 Å². The van der Waals surface area contributed by atoms with Crippen LogP contribution in [0.2, 0.25) is 0 Å². The van der Waals surface area contributed by atoms with Gasteiger partial charge in [0, 0.05) is 56.1 Å². The number of rotatable bonds is 4. The SMILES string of the molecule is C=CC(=O)N1CCN(c2nc(OC)nc3c2CN(C)C(c2c(C)ccc4[nH]ncc24)C3)CC1. The summed E-state index contributed by atoms with van der Waals surface area (Å²) in [5, 5.41) is 8.51. The molecule has 1 saturated heterocycles. The maximum atomic E-state index is 12.0. The molecule has 2 aromatic heterocycles. The number of nitrogens with zero attached hydrogens (tertiary/aromatic N) is 6. The molecule has 33 heavy (non-hydrogen) atoms. The summed E-state index contributed by atoms with van der Waals surface area (Å²) in [6, 6.07) is 4.79. The van der Waals surface area contributed by atoms with Crippen molar-refractivity contribution in [2.24, 2.45) is 0 Å². The van der Waals surface area contributed by atoms with Gasteiger partial charge in [-0.05, 0) is 37.2 Å². The first-order chi connectivity index (χ1) is 16.0. The molecule has 2 aliphatic heterocycles. The standard InChI is InChI=1S/C24H29N7O2/c1-5-21(32)30-8-10-31(11-9-30)23-17-14-29(3)20(12-19(17)26-24(27-23)33-4)22-15(2)6-7-18-16(22)13-25-28-18/h5-7,13,20H,1,8-12,14H2,2-4H3,(H,25,28). The molecule has 0 spiro atoms. The third-order valence-electron chi connectivity index (χ3n) is 6.84. The summed E-state index contributed by atoms with van der Waals surface area (Å²) in [6.07, 6.45) is 4.05. The molecule has 0 radical (unpaired) electrons. The van der Waals surface area contributed by atoms with Crippen molar-refractivity contribution in [2.75, 3.05) is 45.2 Å². The van der Waals surface area contributed by atoms with Crippen molar-refractivity contribution < 1.29 is 9.53 Å². The molecule has 1 amide bonds. The Kier molecular flexibility index (Phi) is 5.49. The third kappa shape index (κ3) is 3.72. The Hall–Kier alpha value is -3.46. The van der Waals surface area contributed by atoms with Crippen molar-refractivity contribution in [2.45, 2.75) is 25.9 Å². The predicted molar refractivity (Wildman–Crippen MR) is 126 cm³/mol. The number of nitrogens with one attached hydrogen (secondary N) is 1. The number of aromatic nitrogens is 4. The van der Waals surface area contributed by atoms with Crippen molar-refractivity contribution in [3.05, 3.63) is 53.4 Å². The monoisotopic (exact) mass is 447 g/mol. The molecule has 1 unspecified atom stereocenters. The van der Waals surface area contributed by atoms with E-state index >= 15 is 0 Å². The molecule has 5 rings (SSSR count). The molecule has 172 valence electrons. The van der Waals surface area contributed by atoms with Gasteiger partial charge in [0.15, 0.2) is 0 Å². The highest BCUT2D eigenvalue weighted by Gasteiger charge is 2.33. The number of fused-ring (bicyclic) bond motifs is 2. The highest BCUT2D eigenvalue weighted by Crippen LogP contribution is 2.39. The van der Waals surface area contributed by atoms with Gasteiger partial charge in [0.1, 0.15) is 5.82 Å². The first kappa shape index (κ1) is 21.4. The number of H-pyrrole nitrogens is 1. The molecular weight excluding hydrogens is 418 g/mol. The first-order valence-electron chi connectivity index (χ1n) is 11.2. The van der Waals surface area contributed by atoms with E-state index in [1.54, 1.807) is 7.11 Å². The molecule has 2 aliphatic rings. The van der Waals surface area contributed by atoms with Gasteiger partial charge in [-0.3, -0.25) is 14.8 Å². The lowest BCUT2D eigenvalue weighted by molar-refractivity contribution is -0.126. The summed E-state index contributed by atoms with van der Waals surface area (Å²) in [5.74, 6) is 0.884. The highest BCUT2D eigenvalue weighted by molar-refractivity contribution is 5.87. The minimum Gasteiger partial charge on any atom is -0.467 e. The lowest BCUT2D eigenvalue weighted by Crippen LogP contribution is -2.49. The number of likely N-dealkylation sites (N-methyl/N-ethyl adjacent to an activating group) is 1. The lowest BCUT2D eigenvalue weighted by Gasteiger charge is -2.39. The summed E-state index contributed by atoms with van der Waals surface area (Å²) in [4.78, 5) is 27.9. The normalized spacial score (nSPS) is 18.9. The van der Waals surface area contributed by atoms with E-state index in [2.05, 4.69) is 52.7 Å². The second-order valence-corrected chi connectivity index (χ2v) is 8.74. The number of ether oxygens (including phenoxy) is 1. The van der Waals surface area contributed by atoms with Gasteiger partial charge in [0.2, 0.25) is 5.91 Å². The maximum Gasteiger partial charge on any atom is 0.318 e. The fourth-order valence-electron chi connectivity index (χ4n) is 5.06. The molecule has 9 nitrogen and oxygen atoms in total. The Morgan fingerprint density at radius 2 is 2.03 bits per heavy atom. The topological polar surface area (TPSA) is 90.5 Å². The number of aromatic amines is 1. The number of piperazine rings is 1. The van der Waals surface area contributed by atoms with E-state index in [4.69, 9.17) is 14.7 Å². The summed E-state index contributed by atoms with van der Waals surface area (Å²) in [6.45, 7) is 9.21. The highest BCUT2D eigenvalue weighted by atomic mass is 16.5. The van der Waals surface area contributed by atoms with Gasteiger partial charge in [0.05, 0.1) is 24.5 Å². The molecule has 3 aromatic rings. The third-order valence-corrected chi connectivity index (χ3v) is 6.84. The fourth-order valence-corrected chi connectivity index (χ4v) is 5.06. The van der Waals surface area contributed by atoms with Crippen LogP contribution in [0.25, 0.3) is 10.9 Å². The van der Waals surface area contributed by atoms with Crippen molar-refractivity contribution in [1.29, 1.82) is 0 Å². The zero-order valence-electron chi connectivity index (χ0n) is 19.3. The molecule has 1 aromatic carbocycles. The van der Waals surface area contributed by atoms with Crippen LogP contribution >= 0.6 is 0 Å². The average molecular weight is 448 g/mol. The van der Waals surface area contributed by atoms with Crippen LogP contribution in [0.15, 0.2) is 31.0 Å². The molecule has 1 atom stereocenters. The van der Waals surface area contributed by atoms with Gasteiger partial charge >= 0.3 is 6.01 Å². The average Bonchev–Trinajstić information content (AvgIpc) is 3.32. The summed E-state index contributed by atoms with van der Waals surface area (Å²) < 4.78 is 5.48. The quantitative estimate of drug-likeness (QED) is 0.614. The van der Waals surface area contributed by atoms with E-state index in [0.29, 0.717) is 32.2 Å². The van der Waals surface area contributed by atoms with Crippen LogP contribution in [0.4, 0.5) is 5.82 Å². The second-order valence-electron chi connectivity index (χ2n) is 8.74. The molecule has 1 fully saturated rings.